The minimum absolute atomic E-state index is 0.383. The van der Waals surface area contributed by atoms with Crippen LogP contribution in [0.1, 0.15) is 11.5 Å². The van der Waals surface area contributed by atoms with Crippen LogP contribution in [0.15, 0.2) is 18.3 Å². The number of ether oxygens (including phenoxy) is 1. The maximum Gasteiger partial charge on any atom is 0.180 e. The van der Waals surface area contributed by atoms with E-state index >= 15 is 0 Å². The van der Waals surface area contributed by atoms with Gasteiger partial charge in [-0.05, 0) is 13.0 Å². The van der Waals surface area contributed by atoms with Crippen LogP contribution < -0.4 is 11.3 Å². The highest BCUT2D eigenvalue weighted by Crippen LogP contribution is 2.15. The molecule has 0 radical (unpaired) electrons. The molecule has 0 fully saturated rings. The predicted octanol–water partition coefficient (Wildman–Crippen LogP) is 0.674. The summed E-state index contributed by atoms with van der Waals surface area (Å²) in [6, 6.07) is 3.47. The molecule has 3 N–H and O–H groups in total. The van der Waals surface area contributed by atoms with Crippen molar-refractivity contribution in [3.8, 4) is 11.5 Å². The molecule has 0 spiro atoms. The molecule has 0 saturated heterocycles. The number of aromatic nitrogens is 4. The molecule has 0 atom stereocenters. The summed E-state index contributed by atoms with van der Waals surface area (Å²) < 4.78 is 5.05. The second-order valence-corrected chi connectivity index (χ2v) is 3.63. The lowest BCUT2D eigenvalue weighted by Gasteiger charge is -2.07. The molecule has 0 saturated carbocycles. The third kappa shape index (κ3) is 2.76. The Morgan fingerprint density at radius 1 is 1.33 bits per heavy atom. The van der Waals surface area contributed by atoms with E-state index in [1.807, 2.05) is 6.92 Å². The van der Waals surface area contributed by atoms with E-state index in [1.54, 1.807) is 25.4 Å². The summed E-state index contributed by atoms with van der Waals surface area (Å²) in [5.74, 6) is 7.05. The van der Waals surface area contributed by atoms with E-state index < -0.39 is 0 Å². The van der Waals surface area contributed by atoms with Crippen LogP contribution >= 0.6 is 0 Å². The van der Waals surface area contributed by atoms with Crippen molar-refractivity contribution in [2.24, 2.45) is 5.84 Å². The second-order valence-electron chi connectivity index (χ2n) is 3.63. The van der Waals surface area contributed by atoms with Gasteiger partial charge in [-0.2, -0.15) is 0 Å². The van der Waals surface area contributed by atoms with Gasteiger partial charge in [0.25, 0.3) is 0 Å². The summed E-state index contributed by atoms with van der Waals surface area (Å²) in [4.78, 5) is 16.9. The Bertz CT molecular complexity index is 545. The Kier molecular flexibility index (Phi) is 3.75. The minimum Gasteiger partial charge on any atom is -0.378 e. The van der Waals surface area contributed by atoms with Gasteiger partial charge in [0.2, 0.25) is 0 Å². The lowest BCUT2D eigenvalue weighted by Crippen LogP contribution is -2.11. The Morgan fingerprint density at radius 3 is 2.83 bits per heavy atom. The molecule has 94 valence electrons. The number of hydrazine groups is 1. The maximum absolute atomic E-state index is 5.38. The number of anilines is 1. The van der Waals surface area contributed by atoms with Gasteiger partial charge < -0.3 is 10.2 Å². The maximum atomic E-state index is 5.38. The fraction of sp³-hybridized carbons (Fsp3) is 0.273. The standard InChI is InChI=1S/C11H14N6O/c1-7-13-4-3-9(14-7)11-15-8(6-18-2)5-10(16-11)17-12/h3-5H,6,12H2,1-2H3,(H,15,16,17). The van der Waals surface area contributed by atoms with Crippen LogP contribution in [-0.2, 0) is 11.3 Å². The van der Waals surface area contributed by atoms with Crippen LogP contribution in [0.2, 0.25) is 0 Å². The van der Waals surface area contributed by atoms with Gasteiger partial charge in [-0.1, -0.05) is 0 Å². The fourth-order valence-corrected chi connectivity index (χ4v) is 1.49. The molecule has 2 aromatic rings. The number of aryl methyl sites for hydroxylation is 1. The van der Waals surface area contributed by atoms with Crippen LogP contribution in [-0.4, -0.2) is 27.0 Å². The third-order valence-electron chi connectivity index (χ3n) is 2.22. The lowest BCUT2D eigenvalue weighted by molar-refractivity contribution is 0.181. The lowest BCUT2D eigenvalue weighted by atomic mass is 10.3. The van der Waals surface area contributed by atoms with Crippen LogP contribution in [0.5, 0.6) is 0 Å². The molecular weight excluding hydrogens is 232 g/mol. The smallest absolute Gasteiger partial charge is 0.180 e. The molecule has 2 heterocycles. The van der Waals surface area contributed by atoms with Crippen molar-refractivity contribution < 1.29 is 4.74 Å². The average Bonchev–Trinajstić information content (AvgIpc) is 2.39. The summed E-state index contributed by atoms with van der Waals surface area (Å²) in [5.41, 5.74) is 3.88. The monoisotopic (exact) mass is 246 g/mol. The van der Waals surface area contributed by atoms with Crippen molar-refractivity contribution in [1.29, 1.82) is 0 Å². The normalized spacial score (nSPS) is 10.4. The van der Waals surface area contributed by atoms with Crippen molar-refractivity contribution in [2.75, 3.05) is 12.5 Å². The van der Waals surface area contributed by atoms with Crippen molar-refractivity contribution in [3.63, 3.8) is 0 Å². The van der Waals surface area contributed by atoms with E-state index in [1.165, 1.54) is 0 Å². The van der Waals surface area contributed by atoms with Crippen LogP contribution in [0.25, 0.3) is 11.5 Å². The average molecular weight is 246 g/mol. The van der Waals surface area contributed by atoms with E-state index in [-0.39, 0.29) is 0 Å². The number of nitrogens with zero attached hydrogens (tertiary/aromatic N) is 4. The van der Waals surface area contributed by atoms with E-state index in [0.717, 1.165) is 5.69 Å². The number of methoxy groups -OCH3 is 1. The first-order chi connectivity index (χ1) is 8.72. The Balaban J connectivity index is 2.46. The van der Waals surface area contributed by atoms with E-state index in [9.17, 15) is 0 Å². The van der Waals surface area contributed by atoms with Gasteiger partial charge in [-0.15, -0.1) is 0 Å². The van der Waals surface area contributed by atoms with Crippen LogP contribution in [0, 0.1) is 6.92 Å². The summed E-state index contributed by atoms with van der Waals surface area (Å²) in [6.07, 6.45) is 1.67. The summed E-state index contributed by atoms with van der Waals surface area (Å²) in [7, 11) is 1.60. The highest BCUT2D eigenvalue weighted by molar-refractivity contribution is 5.52. The van der Waals surface area contributed by atoms with Gasteiger partial charge in [0, 0.05) is 19.4 Å². The topological polar surface area (TPSA) is 98.8 Å². The molecule has 0 aliphatic heterocycles. The highest BCUT2D eigenvalue weighted by atomic mass is 16.5. The summed E-state index contributed by atoms with van der Waals surface area (Å²) in [5, 5.41) is 0. The molecule has 0 bridgehead atoms. The number of nitrogens with one attached hydrogen (secondary N) is 1. The Morgan fingerprint density at radius 2 is 2.17 bits per heavy atom. The van der Waals surface area contributed by atoms with E-state index in [0.29, 0.717) is 29.8 Å². The number of hydrogen-bond acceptors (Lipinski definition) is 7. The number of nitrogen functional groups attached to an aromatic ring is 1. The largest absolute Gasteiger partial charge is 0.378 e. The first-order valence-corrected chi connectivity index (χ1v) is 5.36. The Labute approximate surface area is 104 Å². The molecule has 0 amide bonds. The zero-order valence-electron chi connectivity index (χ0n) is 10.2. The fourth-order valence-electron chi connectivity index (χ4n) is 1.49. The van der Waals surface area contributed by atoms with Gasteiger partial charge >= 0.3 is 0 Å². The third-order valence-corrected chi connectivity index (χ3v) is 2.22. The predicted molar refractivity (Wildman–Crippen MR) is 66.3 cm³/mol. The molecule has 0 unspecified atom stereocenters. The van der Waals surface area contributed by atoms with E-state index in [4.69, 9.17) is 10.6 Å². The Hall–Kier alpha value is -2.12. The highest BCUT2D eigenvalue weighted by Gasteiger charge is 2.08. The second kappa shape index (κ2) is 5.48. The molecule has 2 aromatic heterocycles. The number of nitrogens with two attached hydrogens (primary N) is 1. The van der Waals surface area contributed by atoms with Crippen LogP contribution in [0.3, 0.4) is 0 Å². The molecule has 0 aliphatic rings. The van der Waals surface area contributed by atoms with Gasteiger partial charge in [-0.3, -0.25) is 0 Å². The molecule has 18 heavy (non-hydrogen) atoms. The molecule has 0 aliphatic carbocycles. The van der Waals surface area contributed by atoms with Crippen molar-refractivity contribution in [2.45, 2.75) is 13.5 Å². The molecule has 2 rings (SSSR count). The van der Waals surface area contributed by atoms with Crippen LogP contribution in [0.4, 0.5) is 5.82 Å². The van der Waals surface area contributed by atoms with Gasteiger partial charge in [0.1, 0.15) is 17.3 Å². The quantitative estimate of drug-likeness (QED) is 0.604. The summed E-state index contributed by atoms with van der Waals surface area (Å²) >= 11 is 0. The number of rotatable bonds is 4. The molecule has 0 aromatic carbocycles. The van der Waals surface area contributed by atoms with Gasteiger partial charge in [0.05, 0.1) is 12.3 Å². The van der Waals surface area contributed by atoms with Crippen molar-refractivity contribution in [3.05, 3.63) is 29.8 Å². The van der Waals surface area contributed by atoms with Gasteiger partial charge in [-0.25, -0.2) is 25.8 Å². The minimum atomic E-state index is 0.383. The number of hydrogen-bond donors (Lipinski definition) is 2. The zero-order valence-corrected chi connectivity index (χ0v) is 10.2. The first kappa shape index (κ1) is 12.3. The van der Waals surface area contributed by atoms with Crippen molar-refractivity contribution in [1.82, 2.24) is 19.9 Å². The molecule has 7 nitrogen and oxygen atoms in total. The molecule has 7 heteroatoms. The SMILES string of the molecule is COCc1cc(NN)nc(-c2ccnc(C)n2)n1. The van der Waals surface area contributed by atoms with E-state index in [2.05, 4.69) is 25.4 Å². The van der Waals surface area contributed by atoms with Crippen molar-refractivity contribution >= 4 is 5.82 Å². The summed E-state index contributed by atoms with van der Waals surface area (Å²) in [6.45, 7) is 2.19. The zero-order chi connectivity index (χ0) is 13.0. The van der Waals surface area contributed by atoms with Gasteiger partial charge in [0.15, 0.2) is 5.82 Å². The molecular formula is C11H14N6O. The first-order valence-electron chi connectivity index (χ1n) is 5.36.